The first-order valence-corrected chi connectivity index (χ1v) is 9.55. The Labute approximate surface area is 143 Å². The summed E-state index contributed by atoms with van der Waals surface area (Å²) in [5.41, 5.74) is 2.51. The van der Waals surface area contributed by atoms with Crippen molar-refractivity contribution in [1.29, 1.82) is 0 Å². The maximum Gasteiger partial charge on any atom is 0.0659 e. The maximum absolute atomic E-state index is 11.0. The molecule has 1 heterocycles. The first-order chi connectivity index (χ1) is 11.5. The smallest absolute Gasteiger partial charge is 0.0659 e. The molecule has 0 spiro atoms. The van der Waals surface area contributed by atoms with E-state index in [0.717, 1.165) is 37.6 Å². The average Bonchev–Trinajstić information content (AvgIpc) is 2.97. The second kappa shape index (κ2) is 5.09. The van der Waals surface area contributed by atoms with Crippen LogP contribution in [0.5, 0.6) is 0 Å². The van der Waals surface area contributed by atoms with Crippen LogP contribution in [0.1, 0.15) is 51.0 Å². The molecule has 128 valence electrons. The van der Waals surface area contributed by atoms with Crippen LogP contribution >= 0.6 is 0 Å². The van der Waals surface area contributed by atoms with Gasteiger partial charge in [-0.1, -0.05) is 6.07 Å². The van der Waals surface area contributed by atoms with E-state index in [1.165, 1.54) is 35.7 Å². The molecule has 24 heavy (non-hydrogen) atoms. The molecule has 0 aliphatic heterocycles. The Morgan fingerprint density at radius 2 is 2.00 bits per heavy atom. The number of hydrogen-bond donors (Lipinski definition) is 3. The van der Waals surface area contributed by atoms with Gasteiger partial charge < -0.3 is 15.4 Å². The zero-order chi connectivity index (χ0) is 16.4. The zero-order valence-corrected chi connectivity index (χ0v) is 14.5. The Hall–Kier alpha value is -1.32. The Morgan fingerprint density at radius 1 is 1.21 bits per heavy atom. The number of hydrogen-bond acceptors (Lipinski definition) is 2. The molecule has 3 N–H and O–H groups in total. The lowest BCUT2D eigenvalue weighted by Gasteiger charge is -2.62. The van der Waals surface area contributed by atoms with Crippen LogP contribution in [0.25, 0.3) is 10.9 Å². The van der Waals surface area contributed by atoms with Crippen molar-refractivity contribution in [3.8, 4) is 0 Å². The highest BCUT2D eigenvalue weighted by Gasteiger charge is 2.58. The molecule has 3 nitrogen and oxygen atoms in total. The van der Waals surface area contributed by atoms with Gasteiger partial charge in [-0.05, 0) is 91.8 Å². The van der Waals surface area contributed by atoms with Crippen LogP contribution in [0, 0.1) is 17.3 Å². The third-order valence-electron chi connectivity index (χ3n) is 7.22. The van der Waals surface area contributed by atoms with Crippen LogP contribution in [-0.2, 0) is 6.54 Å². The van der Waals surface area contributed by atoms with Crippen molar-refractivity contribution in [2.75, 3.05) is 0 Å². The number of aromatic amines is 1. The summed E-state index contributed by atoms with van der Waals surface area (Å²) in [6.07, 6.45) is 9.12. The molecule has 3 atom stereocenters. The average molecular weight is 324 g/mol. The minimum atomic E-state index is -0.357. The van der Waals surface area contributed by atoms with Crippen molar-refractivity contribution in [2.45, 2.75) is 63.6 Å². The lowest BCUT2D eigenvalue weighted by atomic mass is 9.46. The Morgan fingerprint density at radius 3 is 2.75 bits per heavy atom. The normalized spacial score (nSPS) is 38.8. The van der Waals surface area contributed by atoms with Gasteiger partial charge in [0.2, 0.25) is 0 Å². The lowest BCUT2D eigenvalue weighted by molar-refractivity contribution is -0.172. The fraction of sp³-hybridized carbons (Fsp3) is 0.619. The molecule has 2 aromatic rings. The molecule has 1 aromatic heterocycles. The minimum absolute atomic E-state index is 0.316. The van der Waals surface area contributed by atoms with E-state index in [1.807, 2.05) is 6.20 Å². The molecule has 3 unspecified atom stereocenters. The van der Waals surface area contributed by atoms with E-state index in [4.69, 9.17) is 0 Å². The molecule has 4 aliphatic carbocycles. The van der Waals surface area contributed by atoms with Crippen molar-refractivity contribution >= 4 is 10.9 Å². The lowest BCUT2D eigenvalue weighted by Crippen LogP contribution is -2.61. The predicted octanol–water partition coefficient (Wildman–Crippen LogP) is 3.98. The number of aliphatic hydroxyl groups is 1. The largest absolute Gasteiger partial charge is 0.390 e. The van der Waals surface area contributed by atoms with Gasteiger partial charge in [-0.2, -0.15) is 0 Å². The van der Waals surface area contributed by atoms with Gasteiger partial charge in [0.15, 0.2) is 0 Å². The van der Waals surface area contributed by atoms with E-state index in [-0.39, 0.29) is 5.60 Å². The third-order valence-corrected chi connectivity index (χ3v) is 7.22. The van der Waals surface area contributed by atoms with Crippen LogP contribution in [0.3, 0.4) is 0 Å². The number of rotatable bonds is 4. The van der Waals surface area contributed by atoms with Crippen molar-refractivity contribution < 1.29 is 5.11 Å². The van der Waals surface area contributed by atoms with Crippen LogP contribution < -0.4 is 5.32 Å². The fourth-order valence-corrected chi connectivity index (χ4v) is 6.49. The van der Waals surface area contributed by atoms with E-state index >= 15 is 0 Å². The van der Waals surface area contributed by atoms with Crippen molar-refractivity contribution in [3.63, 3.8) is 0 Å². The fourth-order valence-electron chi connectivity index (χ4n) is 6.49. The van der Waals surface area contributed by atoms with Gasteiger partial charge in [0.25, 0.3) is 0 Å². The second-order valence-electron chi connectivity index (χ2n) is 9.05. The molecular weight excluding hydrogens is 296 g/mol. The predicted molar refractivity (Wildman–Crippen MR) is 96.7 cm³/mol. The summed E-state index contributed by atoms with van der Waals surface area (Å²) in [7, 11) is 0. The van der Waals surface area contributed by atoms with Crippen LogP contribution in [-0.4, -0.2) is 21.7 Å². The van der Waals surface area contributed by atoms with Gasteiger partial charge in [-0.25, -0.2) is 0 Å². The summed E-state index contributed by atoms with van der Waals surface area (Å²) in [5, 5.41) is 16.1. The topological polar surface area (TPSA) is 48.0 Å². The third kappa shape index (κ3) is 2.33. The summed E-state index contributed by atoms with van der Waals surface area (Å²) in [5.74, 6) is 1.52. The summed E-state index contributed by atoms with van der Waals surface area (Å²) in [6.45, 7) is 3.27. The van der Waals surface area contributed by atoms with Crippen molar-refractivity contribution in [1.82, 2.24) is 10.3 Å². The second-order valence-corrected chi connectivity index (χ2v) is 9.05. The molecule has 0 radical (unpaired) electrons. The summed E-state index contributed by atoms with van der Waals surface area (Å²) >= 11 is 0. The number of H-pyrrole nitrogens is 1. The molecule has 4 saturated carbocycles. The van der Waals surface area contributed by atoms with Crippen molar-refractivity contribution in [3.05, 3.63) is 36.0 Å². The van der Waals surface area contributed by atoms with Crippen LogP contribution in [0.2, 0.25) is 0 Å². The Kier molecular flexibility index (Phi) is 3.18. The molecular formula is C21H28N2O. The molecule has 3 heteroatoms. The highest BCUT2D eigenvalue weighted by Crippen LogP contribution is 2.62. The molecule has 4 bridgehead atoms. The first-order valence-electron chi connectivity index (χ1n) is 9.55. The number of fused-ring (bicyclic) bond motifs is 1. The van der Waals surface area contributed by atoms with Gasteiger partial charge in [0.05, 0.1) is 5.60 Å². The van der Waals surface area contributed by atoms with E-state index in [0.29, 0.717) is 11.5 Å². The SMILES string of the molecule is CC(NCc1ccc2[nH]ccc2c1)C12CC3CC(CC(O)(C3)C1)C2. The highest BCUT2D eigenvalue weighted by atomic mass is 16.3. The van der Waals surface area contributed by atoms with E-state index in [2.05, 4.69) is 41.5 Å². The first kappa shape index (κ1) is 15.0. The molecule has 0 amide bonds. The molecule has 4 fully saturated rings. The number of aromatic nitrogens is 1. The zero-order valence-electron chi connectivity index (χ0n) is 14.5. The van der Waals surface area contributed by atoms with Gasteiger partial charge in [-0.15, -0.1) is 0 Å². The van der Waals surface area contributed by atoms with Crippen molar-refractivity contribution in [2.24, 2.45) is 17.3 Å². The minimum Gasteiger partial charge on any atom is -0.390 e. The van der Waals surface area contributed by atoms with Crippen LogP contribution in [0.4, 0.5) is 0 Å². The molecule has 0 saturated heterocycles. The quantitative estimate of drug-likeness (QED) is 0.797. The van der Waals surface area contributed by atoms with Gasteiger partial charge >= 0.3 is 0 Å². The summed E-state index contributed by atoms with van der Waals surface area (Å²) in [4.78, 5) is 3.26. The van der Waals surface area contributed by atoms with Gasteiger partial charge in [-0.3, -0.25) is 0 Å². The summed E-state index contributed by atoms with van der Waals surface area (Å²) in [6, 6.07) is 9.27. The summed E-state index contributed by atoms with van der Waals surface area (Å²) < 4.78 is 0. The molecule has 4 aliphatic rings. The molecule has 1 aromatic carbocycles. The van der Waals surface area contributed by atoms with E-state index in [1.54, 1.807) is 0 Å². The Bertz CT molecular complexity index is 750. The van der Waals surface area contributed by atoms with Crippen LogP contribution in [0.15, 0.2) is 30.5 Å². The number of benzene rings is 1. The Balaban J connectivity index is 1.32. The monoisotopic (exact) mass is 324 g/mol. The van der Waals surface area contributed by atoms with E-state index in [9.17, 15) is 5.11 Å². The molecule has 6 rings (SSSR count). The number of nitrogens with one attached hydrogen (secondary N) is 2. The van der Waals surface area contributed by atoms with Gasteiger partial charge in [0, 0.05) is 24.3 Å². The van der Waals surface area contributed by atoms with Gasteiger partial charge in [0.1, 0.15) is 0 Å². The standard InChI is InChI=1S/C21H28N2O/c1-14(23-12-15-2-3-19-18(7-15)4-5-22-19)20-8-16-6-17(9-20)11-21(24,10-16)13-20/h2-5,7,14,16-17,22-24H,6,8-13H2,1H3. The maximum atomic E-state index is 11.0. The highest BCUT2D eigenvalue weighted by molar-refractivity contribution is 5.79. The van der Waals surface area contributed by atoms with E-state index < -0.39 is 0 Å².